The molecule has 0 aromatic rings. The molecule has 1 saturated heterocycles. The average molecular weight is 296 g/mol. The largest absolute Gasteiger partial charge is 0.375 e. The zero-order chi connectivity index (χ0) is 15.0. The molecule has 1 saturated carbocycles. The van der Waals surface area contributed by atoms with E-state index in [1.807, 2.05) is 0 Å². The van der Waals surface area contributed by atoms with Crippen LogP contribution in [0.15, 0.2) is 0 Å². The first-order valence-corrected chi connectivity index (χ1v) is 9.67. The number of hydrogen-bond acceptors (Lipinski definition) is 2. The first kappa shape index (κ1) is 17.3. The third-order valence-corrected chi connectivity index (χ3v) is 5.70. The maximum Gasteiger partial charge on any atom is 0.0685 e. The van der Waals surface area contributed by atoms with E-state index in [-0.39, 0.29) is 5.60 Å². The average Bonchev–Trinajstić information content (AvgIpc) is 2.51. The summed E-state index contributed by atoms with van der Waals surface area (Å²) in [4.78, 5) is 0. The normalized spacial score (nSPS) is 26.9. The van der Waals surface area contributed by atoms with Gasteiger partial charge in [0.25, 0.3) is 0 Å². The van der Waals surface area contributed by atoms with Gasteiger partial charge in [-0.25, -0.2) is 0 Å². The topological polar surface area (TPSA) is 21.3 Å². The highest BCUT2D eigenvalue weighted by Gasteiger charge is 2.40. The van der Waals surface area contributed by atoms with E-state index in [1.165, 1.54) is 77.0 Å². The number of nitrogens with one attached hydrogen (secondary N) is 1. The van der Waals surface area contributed by atoms with Gasteiger partial charge in [-0.05, 0) is 44.6 Å². The Morgan fingerprint density at radius 3 is 2.62 bits per heavy atom. The van der Waals surface area contributed by atoms with Crippen LogP contribution in [0.25, 0.3) is 0 Å². The maximum absolute atomic E-state index is 6.28. The van der Waals surface area contributed by atoms with E-state index in [9.17, 15) is 0 Å². The Hall–Kier alpha value is -0.0800. The minimum absolute atomic E-state index is 0.262. The Bertz CT molecular complexity index is 267. The van der Waals surface area contributed by atoms with Gasteiger partial charge >= 0.3 is 0 Å². The Balaban J connectivity index is 1.85. The lowest BCUT2D eigenvalue weighted by Crippen LogP contribution is -2.47. The molecular formula is C19H37NO. The van der Waals surface area contributed by atoms with Crippen LogP contribution in [0.1, 0.15) is 90.9 Å². The monoisotopic (exact) mass is 295 g/mol. The smallest absolute Gasteiger partial charge is 0.0685 e. The number of unbranched alkanes of at least 4 members (excludes halogenated alkanes) is 3. The summed E-state index contributed by atoms with van der Waals surface area (Å²) in [6, 6.07) is 0.731. The summed E-state index contributed by atoms with van der Waals surface area (Å²) in [7, 11) is 0. The summed E-state index contributed by atoms with van der Waals surface area (Å²) in [6.07, 6.45) is 16.3. The lowest BCUT2D eigenvalue weighted by atomic mass is 9.73. The summed E-state index contributed by atoms with van der Waals surface area (Å²) in [6.45, 7) is 6.67. The van der Waals surface area contributed by atoms with Crippen molar-refractivity contribution in [1.82, 2.24) is 5.32 Å². The molecule has 2 nitrogen and oxygen atoms in total. The van der Waals surface area contributed by atoms with Crippen LogP contribution in [0.4, 0.5) is 0 Å². The van der Waals surface area contributed by atoms with E-state index in [4.69, 9.17) is 4.74 Å². The summed E-state index contributed by atoms with van der Waals surface area (Å²) in [5.41, 5.74) is 0.262. The molecule has 0 aromatic heterocycles. The van der Waals surface area contributed by atoms with Crippen molar-refractivity contribution in [2.45, 2.75) is 103 Å². The van der Waals surface area contributed by atoms with Crippen LogP contribution in [-0.4, -0.2) is 24.8 Å². The highest BCUT2D eigenvalue weighted by Crippen LogP contribution is 2.42. The van der Waals surface area contributed by atoms with Crippen molar-refractivity contribution in [1.29, 1.82) is 0 Å². The fourth-order valence-corrected chi connectivity index (χ4v) is 4.51. The Labute approximate surface area is 132 Å². The molecule has 1 heterocycles. The summed E-state index contributed by atoms with van der Waals surface area (Å²) in [5, 5.41) is 3.80. The molecule has 0 radical (unpaired) electrons. The van der Waals surface area contributed by atoms with E-state index in [2.05, 4.69) is 19.2 Å². The molecule has 1 spiro atoms. The zero-order valence-corrected chi connectivity index (χ0v) is 14.5. The van der Waals surface area contributed by atoms with Crippen molar-refractivity contribution in [3.8, 4) is 0 Å². The van der Waals surface area contributed by atoms with Gasteiger partial charge in [0.2, 0.25) is 0 Å². The molecule has 2 heteroatoms. The molecule has 0 amide bonds. The molecule has 2 aliphatic rings. The molecule has 1 aliphatic carbocycles. The summed E-state index contributed by atoms with van der Waals surface area (Å²) < 4.78 is 6.28. The van der Waals surface area contributed by atoms with Crippen molar-refractivity contribution < 1.29 is 4.74 Å². The Morgan fingerprint density at radius 2 is 1.90 bits per heavy atom. The van der Waals surface area contributed by atoms with E-state index >= 15 is 0 Å². The van der Waals surface area contributed by atoms with Crippen molar-refractivity contribution in [3.05, 3.63) is 0 Å². The molecule has 21 heavy (non-hydrogen) atoms. The second-order valence-electron chi connectivity index (χ2n) is 7.36. The number of hydrogen-bond donors (Lipinski definition) is 1. The van der Waals surface area contributed by atoms with Gasteiger partial charge in [0.15, 0.2) is 0 Å². The van der Waals surface area contributed by atoms with Crippen LogP contribution in [-0.2, 0) is 4.74 Å². The fourth-order valence-electron chi connectivity index (χ4n) is 4.51. The van der Waals surface area contributed by atoms with Crippen molar-refractivity contribution in [3.63, 3.8) is 0 Å². The SMILES string of the molecule is CCCCCCC(NCC)C1CCOC2(CCCCC2)C1. The van der Waals surface area contributed by atoms with E-state index in [1.54, 1.807) is 0 Å². The molecule has 1 aliphatic heterocycles. The molecule has 0 bridgehead atoms. The van der Waals surface area contributed by atoms with E-state index < -0.39 is 0 Å². The highest BCUT2D eigenvalue weighted by molar-refractivity contribution is 4.93. The van der Waals surface area contributed by atoms with E-state index in [0.29, 0.717) is 0 Å². The first-order chi connectivity index (χ1) is 10.3. The summed E-state index contributed by atoms with van der Waals surface area (Å²) in [5.74, 6) is 0.846. The summed E-state index contributed by atoms with van der Waals surface area (Å²) >= 11 is 0. The molecule has 2 fully saturated rings. The Morgan fingerprint density at radius 1 is 1.10 bits per heavy atom. The quantitative estimate of drug-likeness (QED) is 0.632. The van der Waals surface area contributed by atoms with Gasteiger partial charge in [-0.3, -0.25) is 0 Å². The van der Waals surface area contributed by atoms with Gasteiger partial charge in [0, 0.05) is 12.6 Å². The lowest BCUT2D eigenvalue weighted by Gasteiger charge is -2.45. The van der Waals surface area contributed by atoms with Crippen LogP contribution in [0.3, 0.4) is 0 Å². The lowest BCUT2D eigenvalue weighted by molar-refractivity contribution is -0.122. The van der Waals surface area contributed by atoms with Crippen molar-refractivity contribution in [2.75, 3.05) is 13.2 Å². The van der Waals surface area contributed by atoms with Crippen LogP contribution >= 0.6 is 0 Å². The predicted octanol–water partition coefficient (Wildman–Crippen LogP) is 5.06. The molecule has 0 aromatic carbocycles. The third-order valence-electron chi connectivity index (χ3n) is 5.70. The second-order valence-corrected chi connectivity index (χ2v) is 7.36. The number of ether oxygens (including phenoxy) is 1. The van der Waals surface area contributed by atoms with Gasteiger partial charge in [0.1, 0.15) is 0 Å². The Kier molecular flexibility index (Phi) is 7.53. The molecule has 2 atom stereocenters. The molecular weight excluding hydrogens is 258 g/mol. The van der Waals surface area contributed by atoms with E-state index in [0.717, 1.165) is 25.1 Å². The van der Waals surface area contributed by atoms with Crippen LogP contribution in [0.2, 0.25) is 0 Å². The van der Waals surface area contributed by atoms with Gasteiger partial charge in [-0.2, -0.15) is 0 Å². The molecule has 1 N–H and O–H groups in total. The van der Waals surface area contributed by atoms with Crippen molar-refractivity contribution in [2.24, 2.45) is 5.92 Å². The highest BCUT2D eigenvalue weighted by atomic mass is 16.5. The van der Waals surface area contributed by atoms with Gasteiger partial charge in [-0.15, -0.1) is 0 Å². The zero-order valence-electron chi connectivity index (χ0n) is 14.5. The second kappa shape index (κ2) is 9.15. The fraction of sp³-hybridized carbons (Fsp3) is 1.00. The standard InChI is InChI=1S/C19H37NO/c1-3-5-6-8-11-18(20-4-2)17-12-15-21-19(16-17)13-9-7-10-14-19/h17-18,20H,3-16H2,1-2H3. The van der Waals surface area contributed by atoms with Gasteiger partial charge in [0.05, 0.1) is 5.60 Å². The first-order valence-electron chi connectivity index (χ1n) is 9.67. The molecule has 2 rings (SSSR count). The number of rotatable bonds is 8. The third kappa shape index (κ3) is 5.25. The van der Waals surface area contributed by atoms with Crippen LogP contribution in [0.5, 0.6) is 0 Å². The van der Waals surface area contributed by atoms with Gasteiger partial charge < -0.3 is 10.1 Å². The van der Waals surface area contributed by atoms with Crippen LogP contribution in [0, 0.1) is 5.92 Å². The molecule has 2 unspecified atom stereocenters. The minimum atomic E-state index is 0.262. The maximum atomic E-state index is 6.28. The van der Waals surface area contributed by atoms with Gasteiger partial charge in [-0.1, -0.05) is 58.8 Å². The van der Waals surface area contributed by atoms with Crippen molar-refractivity contribution >= 4 is 0 Å². The molecule has 124 valence electrons. The predicted molar refractivity (Wildman–Crippen MR) is 90.7 cm³/mol. The minimum Gasteiger partial charge on any atom is -0.375 e. The van der Waals surface area contributed by atoms with Crippen LogP contribution < -0.4 is 5.32 Å².